The van der Waals surface area contributed by atoms with E-state index in [1.54, 1.807) is 0 Å². The molecule has 1 aromatic rings. The Hall–Kier alpha value is -0.710. The highest BCUT2D eigenvalue weighted by atomic mass is 127. The van der Waals surface area contributed by atoms with Crippen molar-refractivity contribution in [3.05, 3.63) is 40.2 Å². The van der Waals surface area contributed by atoms with E-state index in [0.717, 1.165) is 19.4 Å². The highest BCUT2D eigenvalue weighted by Crippen LogP contribution is 2.18. The lowest BCUT2D eigenvalue weighted by atomic mass is 10.1. The van der Waals surface area contributed by atoms with Gasteiger partial charge in [-0.15, -0.1) is 0 Å². The molecule has 80 valence electrons. The van der Waals surface area contributed by atoms with E-state index >= 15 is 0 Å². The first kappa shape index (κ1) is 10.8. The van der Waals surface area contributed by atoms with Crippen LogP contribution in [0.4, 0.5) is 5.69 Å². The largest absolute Gasteiger partial charge is 0.497 e. The maximum atomic E-state index is 5.49. The van der Waals surface area contributed by atoms with Crippen molar-refractivity contribution in [1.29, 1.82) is 0 Å². The molecular weight excluding hydrogens is 301 g/mol. The summed E-state index contributed by atoms with van der Waals surface area (Å²) < 4.78 is 6.75. The average Bonchev–Trinajstić information content (AvgIpc) is 2.29. The van der Waals surface area contributed by atoms with Gasteiger partial charge in [-0.3, -0.25) is 0 Å². The maximum absolute atomic E-state index is 5.49. The van der Waals surface area contributed by atoms with Gasteiger partial charge in [0.05, 0.1) is 12.8 Å². The third-order valence-electron chi connectivity index (χ3n) is 2.42. The Balaban J connectivity index is 1.87. The fraction of sp³-hybridized carbons (Fsp3) is 0.333. The van der Waals surface area contributed by atoms with Gasteiger partial charge in [0.1, 0.15) is 6.10 Å². The van der Waals surface area contributed by atoms with E-state index in [1.165, 1.54) is 9.26 Å². The van der Waals surface area contributed by atoms with Gasteiger partial charge in [-0.05, 0) is 53.6 Å². The molecule has 0 radical (unpaired) electrons. The summed E-state index contributed by atoms with van der Waals surface area (Å²) in [6.07, 6.45) is 6.42. The number of para-hydroxylation sites is 1. The molecular formula is C12H14INO. The summed E-state index contributed by atoms with van der Waals surface area (Å²) in [5, 5.41) is 3.42. The van der Waals surface area contributed by atoms with Crippen LogP contribution in [0.2, 0.25) is 0 Å². The number of hydrogen-bond donors (Lipinski definition) is 1. The van der Waals surface area contributed by atoms with Gasteiger partial charge in [0.25, 0.3) is 0 Å². The van der Waals surface area contributed by atoms with Crippen LogP contribution in [0.25, 0.3) is 0 Å². The lowest BCUT2D eigenvalue weighted by molar-refractivity contribution is 0.135. The van der Waals surface area contributed by atoms with Crippen molar-refractivity contribution in [2.45, 2.75) is 18.9 Å². The maximum Gasteiger partial charge on any atom is 0.115 e. The summed E-state index contributed by atoms with van der Waals surface area (Å²) >= 11 is 2.34. The highest BCUT2D eigenvalue weighted by molar-refractivity contribution is 14.1. The first-order chi connectivity index (χ1) is 7.36. The van der Waals surface area contributed by atoms with Crippen LogP contribution in [0.1, 0.15) is 12.8 Å². The lowest BCUT2D eigenvalue weighted by Crippen LogP contribution is -2.23. The standard InChI is InChI=1S/C12H14INO/c13-11-6-1-2-7-12(11)14-9-10-5-3-4-8-15-10/h1-2,4,6-8,10,14H,3,5,9H2. The second-order valence-electron chi connectivity index (χ2n) is 3.57. The fourth-order valence-electron chi connectivity index (χ4n) is 1.56. The Morgan fingerprint density at radius 1 is 1.40 bits per heavy atom. The normalized spacial score (nSPS) is 19.7. The number of ether oxygens (including phenoxy) is 1. The van der Waals surface area contributed by atoms with Crippen LogP contribution in [-0.2, 0) is 4.74 Å². The quantitative estimate of drug-likeness (QED) is 0.863. The third-order valence-corrected chi connectivity index (χ3v) is 3.36. The van der Waals surface area contributed by atoms with Gasteiger partial charge >= 0.3 is 0 Å². The van der Waals surface area contributed by atoms with Crippen molar-refractivity contribution in [3.63, 3.8) is 0 Å². The Morgan fingerprint density at radius 3 is 3.00 bits per heavy atom. The molecule has 1 N–H and O–H groups in total. The molecule has 2 nitrogen and oxygen atoms in total. The zero-order valence-corrected chi connectivity index (χ0v) is 10.6. The summed E-state index contributed by atoms with van der Waals surface area (Å²) in [5.74, 6) is 0. The van der Waals surface area contributed by atoms with Crippen LogP contribution < -0.4 is 5.32 Å². The molecule has 0 fully saturated rings. The summed E-state index contributed by atoms with van der Waals surface area (Å²) in [7, 11) is 0. The van der Waals surface area contributed by atoms with E-state index < -0.39 is 0 Å². The molecule has 15 heavy (non-hydrogen) atoms. The Bertz CT molecular complexity index is 351. The topological polar surface area (TPSA) is 21.3 Å². The molecule has 3 heteroatoms. The zero-order valence-electron chi connectivity index (χ0n) is 8.45. The van der Waals surface area contributed by atoms with Crippen LogP contribution in [-0.4, -0.2) is 12.6 Å². The number of nitrogens with one attached hydrogen (secondary N) is 1. The zero-order chi connectivity index (χ0) is 10.5. The molecule has 0 aromatic heterocycles. The number of benzene rings is 1. The number of anilines is 1. The number of allylic oxidation sites excluding steroid dienone is 1. The average molecular weight is 315 g/mol. The van der Waals surface area contributed by atoms with Crippen molar-refractivity contribution >= 4 is 28.3 Å². The van der Waals surface area contributed by atoms with Crippen LogP contribution in [0.3, 0.4) is 0 Å². The smallest absolute Gasteiger partial charge is 0.115 e. The van der Waals surface area contributed by atoms with Gasteiger partial charge in [0, 0.05) is 9.26 Å². The van der Waals surface area contributed by atoms with Gasteiger partial charge in [-0.2, -0.15) is 0 Å². The van der Waals surface area contributed by atoms with Gasteiger partial charge in [0.15, 0.2) is 0 Å². The summed E-state index contributed by atoms with van der Waals surface area (Å²) in [5.41, 5.74) is 1.19. The summed E-state index contributed by atoms with van der Waals surface area (Å²) in [4.78, 5) is 0. The van der Waals surface area contributed by atoms with E-state index in [4.69, 9.17) is 4.74 Å². The minimum absolute atomic E-state index is 0.311. The molecule has 0 amide bonds. The second kappa shape index (κ2) is 5.39. The van der Waals surface area contributed by atoms with Crippen molar-refractivity contribution < 1.29 is 4.74 Å². The third kappa shape index (κ3) is 3.12. The SMILES string of the molecule is Ic1ccccc1NCC1CCC=CO1. The van der Waals surface area contributed by atoms with Crippen molar-refractivity contribution in [3.8, 4) is 0 Å². The first-order valence-electron chi connectivity index (χ1n) is 5.15. The Morgan fingerprint density at radius 2 is 2.27 bits per heavy atom. The van der Waals surface area contributed by atoms with Crippen molar-refractivity contribution in [1.82, 2.24) is 0 Å². The van der Waals surface area contributed by atoms with Crippen LogP contribution >= 0.6 is 22.6 Å². The highest BCUT2D eigenvalue weighted by Gasteiger charge is 2.10. The molecule has 0 saturated heterocycles. The molecule has 0 bridgehead atoms. The molecule has 1 atom stereocenters. The predicted octanol–water partition coefficient (Wildman–Crippen LogP) is 3.40. The second-order valence-corrected chi connectivity index (χ2v) is 4.73. The monoisotopic (exact) mass is 315 g/mol. The Labute approximate surface area is 104 Å². The van der Waals surface area contributed by atoms with E-state index in [2.05, 4.69) is 46.1 Å². The van der Waals surface area contributed by atoms with Crippen molar-refractivity contribution in [2.24, 2.45) is 0 Å². The molecule has 1 unspecified atom stereocenters. The van der Waals surface area contributed by atoms with E-state index in [-0.39, 0.29) is 0 Å². The predicted molar refractivity (Wildman–Crippen MR) is 70.9 cm³/mol. The molecule has 1 heterocycles. The summed E-state index contributed by atoms with van der Waals surface area (Å²) in [6, 6.07) is 8.30. The van der Waals surface area contributed by atoms with E-state index in [1.807, 2.05) is 18.4 Å². The molecule has 1 aliphatic rings. The summed E-state index contributed by atoms with van der Waals surface area (Å²) in [6.45, 7) is 0.879. The van der Waals surface area contributed by atoms with E-state index in [0.29, 0.717) is 6.10 Å². The minimum Gasteiger partial charge on any atom is -0.497 e. The molecule has 2 rings (SSSR count). The molecule has 0 spiro atoms. The number of hydrogen-bond acceptors (Lipinski definition) is 2. The number of rotatable bonds is 3. The van der Waals surface area contributed by atoms with Gasteiger partial charge in [-0.25, -0.2) is 0 Å². The van der Waals surface area contributed by atoms with Crippen LogP contribution in [0, 0.1) is 3.57 Å². The molecule has 1 aromatic carbocycles. The van der Waals surface area contributed by atoms with Gasteiger partial charge in [0.2, 0.25) is 0 Å². The number of halogens is 1. The van der Waals surface area contributed by atoms with Crippen LogP contribution in [0.5, 0.6) is 0 Å². The van der Waals surface area contributed by atoms with E-state index in [9.17, 15) is 0 Å². The molecule has 0 aliphatic carbocycles. The lowest BCUT2D eigenvalue weighted by Gasteiger charge is -2.20. The van der Waals surface area contributed by atoms with Gasteiger partial charge < -0.3 is 10.1 Å². The Kier molecular flexibility index (Phi) is 3.88. The minimum atomic E-state index is 0.311. The molecule has 0 saturated carbocycles. The van der Waals surface area contributed by atoms with Crippen LogP contribution in [0.15, 0.2) is 36.6 Å². The van der Waals surface area contributed by atoms with Gasteiger partial charge in [-0.1, -0.05) is 12.1 Å². The first-order valence-corrected chi connectivity index (χ1v) is 6.23. The molecule has 1 aliphatic heterocycles. The van der Waals surface area contributed by atoms with Crippen molar-refractivity contribution in [2.75, 3.05) is 11.9 Å². The fourth-order valence-corrected chi connectivity index (χ4v) is 2.14.